The Morgan fingerprint density at radius 3 is 2.60 bits per heavy atom. The van der Waals surface area contributed by atoms with Crippen molar-refractivity contribution < 1.29 is 5.11 Å². The first kappa shape index (κ1) is 15.1. The normalized spacial score (nSPS) is 12.8. The van der Waals surface area contributed by atoms with Crippen molar-refractivity contribution >= 4 is 11.8 Å². The lowest BCUT2D eigenvalue weighted by molar-refractivity contribution is 0.161. The molecule has 2 rings (SSSR count). The van der Waals surface area contributed by atoms with E-state index in [1.807, 2.05) is 34.7 Å². The van der Waals surface area contributed by atoms with Crippen LogP contribution in [-0.4, -0.2) is 20.4 Å². The van der Waals surface area contributed by atoms with Gasteiger partial charge in [-0.1, -0.05) is 26.0 Å². The topological polar surface area (TPSA) is 38.0 Å². The van der Waals surface area contributed by atoms with Crippen molar-refractivity contribution in [1.82, 2.24) is 9.55 Å². The number of aliphatic hydroxyl groups is 1. The molecule has 0 amide bonds. The van der Waals surface area contributed by atoms with Gasteiger partial charge >= 0.3 is 0 Å². The minimum Gasteiger partial charge on any atom is -0.388 e. The fourth-order valence-corrected chi connectivity index (χ4v) is 2.76. The van der Waals surface area contributed by atoms with Gasteiger partial charge in [0.05, 0.1) is 12.4 Å². The lowest BCUT2D eigenvalue weighted by Gasteiger charge is -2.12. The zero-order valence-corrected chi connectivity index (χ0v) is 12.9. The lowest BCUT2D eigenvalue weighted by Crippen LogP contribution is -2.03. The van der Waals surface area contributed by atoms with Crippen LogP contribution >= 0.6 is 11.8 Å². The molecule has 0 spiro atoms. The number of hydrogen-bond acceptors (Lipinski definition) is 3. The predicted octanol–water partition coefficient (Wildman–Crippen LogP) is 3.75. The zero-order chi connectivity index (χ0) is 14.4. The molecule has 1 atom stereocenters. The van der Waals surface area contributed by atoms with E-state index in [4.69, 9.17) is 0 Å². The van der Waals surface area contributed by atoms with Gasteiger partial charge in [-0.15, -0.1) is 11.8 Å². The molecular formula is C16H22N2OS. The summed E-state index contributed by atoms with van der Waals surface area (Å²) >= 11 is 1.87. The van der Waals surface area contributed by atoms with Crippen molar-refractivity contribution in [3.8, 4) is 0 Å². The molecule has 0 aliphatic rings. The van der Waals surface area contributed by atoms with Crippen molar-refractivity contribution in [1.29, 1.82) is 0 Å². The van der Waals surface area contributed by atoms with E-state index in [9.17, 15) is 5.11 Å². The summed E-state index contributed by atoms with van der Waals surface area (Å²) in [7, 11) is 0. The number of rotatable bonds is 7. The first-order chi connectivity index (χ1) is 9.65. The molecule has 0 saturated heterocycles. The second-order valence-corrected chi connectivity index (χ2v) is 6.47. The molecule has 2 aromatic rings. The molecule has 0 fully saturated rings. The van der Waals surface area contributed by atoms with E-state index in [0.717, 1.165) is 17.9 Å². The van der Waals surface area contributed by atoms with Gasteiger partial charge in [-0.25, -0.2) is 4.98 Å². The van der Waals surface area contributed by atoms with Gasteiger partial charge in [0, 0.05) is 29.6 Å². The highest BCUT2D eigenvalue weighted by Gasteiger charge is 2.08. The van der Waals surface area contributed by atoms with Crippen LogP contribution in [0.1, 0.15) is 31.9 Å². The number of aryl methyl sites for hydroxylation is 1. The second-order valence-electron chi connectivity index (χ2n) is 5.38. The van der Waals surface area contributed by atoms with Crippen molar-refractivity contribution in [3.05, 3.63) is 48.5 Å². The number of imidazole rings is 1. The summed E-state index contributed by atoms with van der Waals surface area (Å²) < 4.78 is 1.98. The smallest absolute Gasteiger partial charge is 0.0945 e. The molecule has 1 aromatic heterocycles. The third-order valence-electron chi connectivity index (χ3n) is 3.07. The number of thioether (sulfide) groups is 1. The summed E-state index contributed by atoms with van der Waals surface area (Å²) in [5.74, 6) is 1.82. The Morgan fingerprint density at radius 2 is 2.00 bits per heavy atom. The average molecular weight is 290 g/mol. The van der Waals surface area contributed by atoms with Crippen LogP contribution in [0.5, 0.6) is 0 Å². The van der Waals surface area contributed by atoms with Gasteiger partial charge in [0.25, 0.3) is 0 Å². The average Bonchev–Trinajstić information content (AvgIpc) is 2.96. The SMILES string of the molecule is CC(C)CSc1ccc(C(O)CCn2ccnc2)cc1. The van der Waals surface area contributed by atoms with Gasteiger partial charge < -0.3 is 9.67 Å². The minimum atomic E-state index is -0.415. The molecule has 108 valence electrons. The van der Waals surface area contributed by atoms with Gasteiger partial charge in [-0.05, 0) is 30.0 Å². The van der Waals surface area contributed by atoms with Crippen LogP contribution in [0.4, 0.5) is 0 Å². The van der Waals surface area contributed by atoms with Crippen LogP contribution in [0, 0.1) is 5.92 Å². The number of nitrogens with zero attached hydrogens (tertiary/aromatic N) is 2. The third kappa shape index (κ3) is 4.69. The van der Waals surface area contributed by atoms with Crippen molar-refractivity contribution in [2.24, 2.45) is 5.92 Å². The number of benzene rings is 1. The van der Waals surface area contributed by atoms with Crippen LogP contribution in [-0.2, 0) is 6.54 Å². The predicted molar refractivity (Wildman–Crippen MR) is 83.8 cm³/mol. The quantitative estimate of drug-likeness (QED) is 0.789. The molecule has 0 saturated carbocycles. The van der Waals surface area contributed by atoms with E-state index in [1.54, 1.807) is 12.5 Å². The highest BCUT2D eigenvalue weighted by Crippen LogP contribution is 2.24. The van der Waals surface area contributed by atoms with Gasteiger partial charge in [-0.2, -0.15) is 0 Å². The molecule has 1 N–H and O–H groups in total. The molecule has 1 unspecified atom stereocenters. The molecule has 1 heterocycles. The monoisotopic (exact) mass is 290 g/mol. The Bertz CT molecular complexity index is 494. The highest BCUT2D eigenvalue weighted by molar-refractivity contribution is 7.99. The molecule has 0 radical (unpaired) electrons. The molecule has 1 aromatic carbocycles. The van der Waals surface area contributed by atoms with Crippen LogP contribution in [0.2, 0.25) is 0 Å². The van der Waals surface area contributed by atoms with E-state index >= 15 is 0 Å². The molecule has 0 aliphatic carbocycles. The maximum absolute atomic E-state index is 10.2. The first-order valence-electron chi connectivity index (χ1n) is 7.01. The number of aromatic nitrogens is 2. The fourth-order valence-electron chi connectivity index (χ4n) is 1.91. The van der Waals surface area contributed by atoms with Crippen LogP contribution in [0.25, 0.3) is 0 Å². The molecule has 20 heavy (non-hydrogen) atoms. The minimum absolute atomic E-state index is 0.415. The molecule has 0 bridgehead atoms. The zero-order valence-electron chi connectivity index (χ0n) is 12.1. The van der Waals surface area contributed by atoms with Crippen molar-refractivity contribution in [3.63, 3.8) is 0 Å². The van der Waals surface area contributed by atoms with Gasteiger partial charge in [0.1, 0.15) is 0 Å². The Hall–Kier alpha value is -1.26. The first-order valence-corrected chi connectivity index (χ1v) is 8.00. The van der Waals surface area contributed by atoms with Crippen molar-refractivity contribution in [2.75, 3.05) is 5.75 Å². The summed E-state index contributed by atoms with van der Waals surface area (Å²) in [4.78, 5) is 5.27. The van der Waals surface area contributed by atoms with E-state index in [2.05, 4.69) is 31.0 Å². The van der Waals surface area contributed by atoms with E-state index in [0.29, 0.717) is 12.3 Å². The van der Waals surface area contributed by atoms with Crippen molar-refractivity contribution in [2.45, 2.75) is 37.8 Å². The lowest BCUT2D eigenvalue weighted by atomic mass is 10.1. The van der Waals surface area contributed by atoms with Gasteiger partial charge in [-0.3, -0.25) is 0 Å². The Kier molecular flexibility index (Phi) is 5.68. The highest BCUT2D eigenvalue weighted by atomic mass is 32.2. The van der Waals surface area contributed by atoms with Crippen LogP contribution in [0.3, 0.4) is 0 Å². The maximum atomic E-state index is 10.2. The second kappa shape index (κ2) is 7.50. The number of hydrogen-bond donors (Lipinski definition) is 1. The van der Waals surface area contributed by atoms with E-state index < -0.39 is 6.10 Å². The fraction of sp³-hybridized carbons (Fsp3) is 0.438. The summed E-state index contributed by atoms with van der Waals surface area (Å²) in [6.45, 7) is 5.23. The Morgan fingerprint density at radius 1 is 1.25 bits per heavy atom. The molecular weight excluding hydrogens is 268 g/mol. The Labute approximate surface area is 125 Å². The Balaban J connectivity index is 1.85. The number of aliphatic hydroxyl groups excluding tert-OH is 1. The summed E-state index contributed by atoms with van der Waals surface area (Å²) in [6, 6.07) is 8.26. The van der Waals surface area contributed by atoms with E-state index in [1.165, 1.54) is 4.90 Å². The maximum Gasteiger partial charge on any atom is 0.0945 e. The van der Waals surface area contributed by atoms with Crippen LogP contribution < -0.4 is 0 Å². The van der Waals surface area contributed by atoms with Crippen LogP contribution in [0.15, 0.2) is 47.9 Å². The van der Waals surface area contributed by atoms with Gasteiger partial charge in [0.15, 0.2) is 0 Å². The largest absolute Gasteiger partial charge is 0.388 e. The summed E-state index contributed by atoms with van der Waals surface area (Å²) in [6.07, 6.45) is 5.74. The van der Waals surface area contributed by atoms with Gasteiger partial charge in [0.2, 0.25) is 0 Å². The summed E-state index contributed by atoms with van der Waals surface area (Å²) in [5.41, 5.74) is 0.985. The standard InChI is InChI=1S/C16H22N2OS/c1-13(2)11-20-15-5-3-14(4-6-15)16(19)7-9-18-10-8-17-12-18/h3-6,8,10,12-13,16,19H,7,9,11H2,1-2H3. The summed E-state index contributed by atoms with van der Waals surface area (Å²) in [5, 5.41) is 10.2. The molecule has 3 nitrogen and oxygen atoms in total. The third-order valence-corrected chi connectivity index (χ3v) is 4.51. The van der Waals surface area contributed by atoms with E-state index in [-0.39, 0.29) is 0 Å². The molecule has 4 heteroatoms. The molecule has 0 aliphatic heterocycles.